The van der Waals surface area contributed by atoms with E-state index < -0.39 is 6.10 Å². The molecule has 0 radical (unpaired) electrons. The lowest BCUT2D eigenvalue weighted by Gasteiger charge is -2.33. The highest BCUT2D eigenvalue weighted by Crippen LogP contribution is 2.30. The number of hydrogen-bond donors (Lipinski definition) is 1. The van der Waals surface area contributed by atoms with Crippen LogP contribution in [0.25, 0.3) is 0 Å². The fourth-order valence-corrected chi connectivity index (χ4v) is 2.34. The summed E-state index contributed by atoms with van der Waals surface area (Å²) in [5.74, 6) is 0. The second-order valence-electron chi connectivity index (χ2n) is 5.37. The number of aliphatic hydroxyl groups excluding tert-OH is 1. The first-order valence-corrected chi connectivity index (χ1v) is 7.53. The molecule has 1 rings (SSSR count). The van der Waals surface area contributed by atoms with E-state index >= 15 is 0 Å². The third-order valence-corrected chi connectivity index (χ3v) is 3.79. The summed E-state index contributed by atoms with van der Waals surface area (Å²) in [5.41, 5.74) is 2.55. The molecule has 2 atom stereocenters. The van der Waals surface area contributed by atoms with Gasteiger partial charge in [-0.15, -0.1) is 0 Å². The second kappa shape index (κ2) is 7.91. The second-order valence-corrected chi connectivity index (χ2v) is 5.37. The Morgan fingerprint density at radius 3 is 2.50 bits per heavy atom. The van der Waals surface area contributed by atoms with Crippen LogP contribution in [0.15, 0.2) is 18.2 Å². The van der Waals surface area contributed by atoms with Crippen molar-refractivity contribution in [3.8, 4) is 6.07 Å². The molecule has 1 aromatic rings. The first-order chi connectivity index (χ1) is 9.54. The monoisotopic (exact) mass is 274 g/mol. The molecule has 0 fully saturated rings. The average Bonchev–Trinajstić information content (AvgIpc) is 2.46. The lowest BCUT2D eigenvalue weighted by molar-refractivity contribution is 0.199. The quantitative estimate of drug-likeness (QED) is 0.817. The van der Waals surface area contributed by atoms with Gasteiger partial charge in [0.1, 0.15) is 0 Å². The lowest BCUT2D eigenvalue weighted by Crippen LogP contribution is -2.34. The van der Waals surface area contributed by atoms with E-state index in [2.05, 4.69) is 31.7 Å². The number of benzene rings is 1. The summed E-state index contributed by atoms with van der Waals surface area (Å²) in [7, 11) is 0. The summed E-state index contributed by atoms with van der Waals surface area (Å²) in [5, 5.41) is 19.1. The maximum atomic E-state index is 9.99. The van der Waals surface area contributed by atoms with Crippen LogP contribution in [-0.2, 0) is 0 Å². The van der Waals surface area contributed by atoms with Crippen molar-refractivity contribution >= 4 is 5.69 Å². The number of nitrogens with zero attached hydrogens (tertiary/aromatic N) is 2. The van der Waals surface area contributed by atoms with Crippen LogP contribution in [0.2, 0.25) is 0 Å². The van der Waals surface area contributed by atoms with E-state index in [1.165, 1.54) is 0 Å². The Labute approximate surface area is 122 Å². The van der Waals surface area contributed by atoms with Crippen molar-refractivity contribution in [2.45, 2.75) is 59.1 Å². The van der Waals surface area contributed by atoms with Gasteiger partial charge in [-0.05, 0) is 38.8 Å². The van der Waals surface area contributed by atoms with Crippen LogP contribution in [0.5, 0.6) is 0 Å². The Hall–Kier alpha value is -1.53. The highest BCUT2D eigenvalue weighted by molar-refractivity contribution is 5.59. The first kappa shape index (κ1) is 16.5. The Bertz CT molecular complexity index is 463. The van der Waals surface area contributed by atoms with Gasteiger partial charge >= 0.3 is 0 Å². The zero-order valence-electron chi connectivity index (χ0n) is 13.1. The average molecular weight is 274 g/mol. The Balaban J connectivity index is 3.24. The third kappa shape index (κ3) is 3.98. The van der Waals surface area contributed by atoms with Crippen LogP contribution < -0.4 is 4.90 Å². The molecular formula is C17H26N2O. The molecule has 0 aliphatic rings. The molecule has 1 unspecified atom stereocenters. The minimum absolute atomic E-state index is 0.396. The third-order valence-electron chi connectivity index (χ3n) is 3.79. The van der Waals surface area contributed by atoms with Crippen molar-refractivity contribution in [1.82, 2.24) is 0 Å². The highest BCUT2D eigenvalue weighted by Gasteiger charge is 2.18. The molecule has 0 spiro atoms. The van der Waals surface area contributed by atoms with Crippen molar-refractivity contribution in [2.75, 3.05) is 11.4 Å². The Morgan fingerprint density at radius 2 is 2.00 bits per heavy atom. The van der Waals surface area contributed by atoms with Crippen molar-refractivity contribution < 1.29 is 5.11 Å². The van der Waals surface area contributed by atoms with Gasteiger partial charge in [-0.2, -0.15) is 5.26 Å². The zero-order chi connectivity index (χ0) is 15.1. The van der Waals surface area contributed by atoms with Crippen molar-refractivity contribution in [2.24, 2.45) is 0 Å². The molecular weight excluding hydrogens is 248 g/mol. The topological polar surface area (TPSA) is 47.3 Å². The number of rotatable bonds is 7. The smallest absolute Gasteiger partial charge is 0.0992 e. The van der Waals surface area contributed by atoms with Crippen LogP contribution >= 0.6 is 0 Å². The van der Waals surface area contributed by atoms with Gasteiger partial charge in [0.15, 0.2) is 0 Å². The normalized spacial score (nSPS) is 13.6. The molecule has 0 amide bonds. The number of unbranched alkanes of at least 4 members (excludes halogenated alkanes) is 1. The summed E-state index contributed by atoms with van der Waals surface area (Å²) in [6.07, 6.45) is 2.76. The van der Waals surface area contributed by atoms with E-state index in [-0.39, 0.29) is 0 Å². The largest absolute Gasteiger partial charge is 0.389 e. The van der Waals surface area contributed by atoms with Gasteiger partial charge in [0.2, 0.25) is 0 Å². The van der Waals surface area contributed by atoms with Gasteiger partial charge in [0.25, 0.3) is 0 Å². The first-order valence-electron chi connectivity index (χ1n) is 7.53. The summed E-state index contributed by atoms with van der Waals surface area (Å²) in [4.78, 5) is 2.33. The van der Waals surface area contributed by atoms with Crippen molar-refractivity contribution in [3.63, 3.8) is 0 Å². The summed E-state index contributed by atoms with van der Waals surface area (Å²) in [6.45, 7) is 9.27. The SMILES string of the molecule is CCCCN(c1cc(C#N)ccc1[C@H](C)O)C(C)CC. The molecule has 0 aliphatic carbocycles. The number of hydrogen-bond acceptors (Lipinski definition) is 3. The fourth-order valence-electron chi connectivity index (χ4n) is 2.34. The molecule has 0 saturated carbocycles. The Morgan fingerprint density at radius 1 is 1.30 bits per heavy atom. The van der Waals surface area contributed by atoms with Gasteiger partial charge in [-0.25, -0.2) is 0 Å². The Kier molecular flexibility index (Phi) is 6.54. The molecule has 3 nitrogen and oxygen atoms in total. The van der Waals surface area contributed by atoms with Gasteiger partial charge in [0, 0.05) is 23.8 Å². The standard InChI is InChI=1S/C17H26N2O/c1-5-7-10-19(13(3)6-2)17-11-15(12-18)8-9-16(17)14(4)20/h8-9,11,13-14,20H,5-7,10H2,1-4H3/t13?,14-/m0/s1. The van der Waals surface area contributed by atoms with Gasteiger partial charge in [-0.3, -0.25) is 0 Å². The molecule has 1 aromatic carbocycles. The van der Waals surface area contributed by atoms with E-state index in [1.54, 1.807) is 13.0 Å². The van der Waals surface area contributed by atoms with Crippen LogP contribution in [0.3, 0.4) is 0 Å². The number of anilines is 1. The predicted octanol–water partition coefficient (Wildman–Crippen LogP) is 4.02. The molecule has 0 heterocycles. The van der Waals surface area contributed by atoms with E-state index in [1.807, 2.05) is 12.1 Å². The molecule has 0 aromatic heterocycles. The van der Waals surface area contributed by atoms with Gasteiger partial charge < -0.3 is 10.0 Å². The molecule has 0 saturated heterocycles. The summed E-state index contributed by atoms with van der Waals surface area (Å²) >= 11 is 0. The summed E-state index contributed by atoms with van der Waals surface area (Å²) in [6, 6.07) is 8.15. The molecule has 20 heavy (non-hydrogen) atoms. The maximum absolute atomic E-state index is 9.99. The molecule has 3 heteroatoms. The minimum Gasteiger partial charge on any atom is -0.389 e. The van der Waals surface area contributed by atoms with E-state index in [4.69, 9.17) is 5.26 Å². The molecule has 110 valence electrons. The lowest BCUT2D eigenvalue weighted by atomic mass is 10.0. The van der Waals surface area contributed by atoms with Crippen molar-refractivity contribution in [3.05, 3.63) is 29.3 Å². The van der Waals surface area contributed by atoms with Crippen LogP contribution in [0.4, 0.5) is 5.69 Å². The van der Waals surface area contributed by atoms with E-state index in [0.29, 0.717) is 11.6 Å². The summed E-state index contributed by atoms with van der Waals surface area (Å²) < 4.78 is 0. The molecule has 1 N–H and O–H groups in total. The highest BCUT2D eigenvalue weighted by atomic mass is 16.3. The minimum atomic E-state index is -0.522. The van der Waals surface area contributed by atoms with E-state index in [9.17, 15) is 5.11 Å². The number of nitriles is 1. The fraction of sp³-hybridized carbons (Fsp3) is 0.588. The van der Waals surface area contributed by atoms with Crippen LogP contribution in [0.1, 0.15) is 64.2 Å². The van der Waals surface area contributed by atoms with E-state index in [0.717, 1.165) is 37.1 Å². The number of aliphatic hydroxyl groups is 1. The zero-order valence-corrected chi connectivity index (χ0v) is 13.1. The van der Waals surface area contributed by atoms with Gasteiger partial charge in [-0.1, -0.05) is 26.3 Å². The van der Waals surface area contributed by atoms with Crippen LogP contribution in [0, 0.1) is 11.3 Å². The van der Waals surface area contributed by atoms with Crippen molar-refractivity contribution in [1.29, 1.82) is 5.26 Å². The predicted molar refractivity (Wildman–Crippen MR) is 83.8 cm³/mol. The van der Waals surface area contributed by atoms with Gasteiger partial charge in [0.05, 0.1) is 17.7 Å². The molecule has 0 aliphatic heterocycles. The van der Waals surface area contributed by atoms with Crippen LogP contribution in [-0.4, -0.2) is 17.7 Å². The maximum Gasteiger partial charge on any atom is 0.0992 e. The molecule has 0 bridgehead atoms.